The van der Waals surface area contributed by atoms with Gasteiger partial charge in [-0.2, -0.15) is 0 Å². The molecule has 0 amide bonds. The van der Waals surface area contributed by atoms with E-state index in [1.165, 1.54) is 0 Å². The second-order valence-corrected chi connectivity index (χ2v) is 6.79. The summed E-state index contributed by atoms with van der Waals surface area (Å²) >= 11 is 0. The topological polar surface area (TPSA) is 98.9 Å². The highest BCUT2D eigenvalue weighted by Gasteiger charge is 2.30. The smallest absolute Gasteiger partial charge is 0.323 e. The van der Waals surface area contributed by atoms with Gasteiger partial charge in [0.1, 0.15) is 17.2 Å². The SMILES string of the molecule is CC(C)(C)OC(=O)C(CO)C[C@H](N)C(=O)OC(C)(C)C. The van der Waals surface area contributed by atoms with Crippen LogP contribution in [0.5, 0.6) is 0 Å². The van der Waals surface area contributed by atoms with Gasteiger partial charge in [0.25, 0.3) is 0 Å². The van der Waals surface area contributed by atoms with Crippen molar-refractivity contribution < 1.29 is 24.2 Å². The maximum Gasteiger partial charge on any atom is 0.323 e. The third-order valence-electron chi connectivity index (χ3n) is 2.21. The zero-order valence-corrected chi connectivity index (χ0v) is 13.2. The van der Waals surface area contributed by atoms with Gasteiger partial charge in [-0.05, 0) is 48.0 Å². The van der Waals surface area contributed by atoms with Gasteiger partial charge in [0.15, 0.2) is 0 Å². The first-order chi connectivity index (χ1) is 8.85. The molecule has 0 aromatic heterocycles. The number of nitrogens with two attached hydrogens (primary N) is 1. The van der Waals surface area contributed by atoms with Crippen LogP contribution in [0.2, 0.25) is 0 Å². The molecule has 0 aliphatic heterocycles. The van der Waals surface area contributed by atoms with Gasteiger partial charge in [0.2, 0.25) is 0 Å². The van der Waals surface area contributed by atoms with Crippen LogP contribution in [0.4, 0.5) is 0 Å². The quantitative estimate of drug-likeness (QED) is 0.732. The fraction of sp³-hybridized carbons (Fsp3) is 0.857. The number of hydrogen-bond donors (Lipinski definition) is 2. The van der Waals surface area contributed by atoms with E-state index < -0.39 is 41.7 Å². The lowest BCUT2D eigenvalue weighted by molar-refractivity contribution is -0.163. The van der Waals surface area contributed by atoms with E-state index in [4.69, 9.17) is 15.2 Å². The van der Waals surface area contributed by atoms with Crippen LogP contribution < -0.4 is 5.73 Å². The summed E-state index contributed by atoms with van der Waals surface area (Å²) in [6.45, 7) is 9.96. The molecule has 6 heteroatoms. The third-order valence-corrected chi connectivity index (χ3v) is 2.21. The molecule has 0 saturated heterocycles. The highest BCUT2D eigenvalue weighted by atomic mass is 16.6. The van der Waals surface area contributed by atoms with Crippen LogP contribution in [0.3, 0.4) is 0 Å². The van der Waals surface area contributed by atoms with E-state index in [9.17, 15) is 14.7 Å². The maximum absolute atomic E-state index is 11.8. The molecule has 0 heterocycles. The average molecular weight is 289 g/mol. The number of aliphatic hydroxyl groups excluding tert-OH is 1. The van der Waals surface area contributed by atoms with Crippen molar-refractivity contribution in [3.05, 3.63) is 0 Å². The molecule has 6 nitrogen and oxygen atoms in total. The van der Waals surface area contributed by atoms with Gasteiger partial charge in [-0.3, -0.25) is 9.59 Å². The molecule has 2 atom stereocenters. The highest BCUT2D eigenvalue weighted by Crippen LogP contribution is 2.16. The van der Waals surface area contributed by atoms with Crippen molar-refractivity contribution >= 4 is 11.9 Å². The number of rotatable bonds is 5. The minimum Gasteiger partial charge on any atom is -0.460 e. The van der Waals surface area contributed by atoms with Crippen molar-refractivity contribution in [1.82, 2.24) is 0 Å². The van der Waals surface area contributed by atoms with Crippen molar-refractivity contribution in [3.63, 3.8) is 0 Å². The second-order valence-electron chi connectivity index (χ2n) is 6.79. The molecule has 0 aromatic rings. The molecule has 0 bridgehead atoms. The summed E-state index contributed by atoms with van der Waals surface area (Å²) in [7, 11) is 0. The molecular weight excluding hydrogens is 262 g/mol. The number of carbonyl (C=O) groups is 2. The van der Waals surface area contributed by atoms with Gasteiger partial charge < -0.3 is 20.3 Å². The zero-order chi connectivity index (χ0) is 16.1. The Morgan fingerprint density at radius 2 is 1.40 bits per heavy atom. The molecule has 0 aliphatic carbocycles. The Morgan fingerprint density at radius 1 is 1.00 bits per heavy atom. The predicted molar refractivity (Wildman–Crippen MR) is 74.9 cm³/mol. The molecule has 3 N–H and O–H groups in total. The van der Waals surface area contributed by atoms with Gasteiger partial charge >= 0.3 is 11.9 Å². The Balaban J connectivity index is 4.57. The van der Waals surface area contributed by atoms with Crippen molar-refractivity contribution in [2.75, 3.05) is 6.61 Å². The van der Waals surface area contributed by atoms with E-state index in [1.807, 2.05) is 0 Å². The van der Waals surface area contributed by atoms with E-state index in [0.717, 1.165) is 0 Å². The summed E-state index contributed by atoms with van der Waals surface area (Å²) in [6.07, 6.45) is -0.0136. The molecule has 0 spiro atoms. The van der Waals surface area contributed by atoms with Crippen LogP contribution >= 0.6 is 0 Å². The van der Waals surface area contributed by atoms with E-state index in [2.05, 4.69) is 0 Å². The molecule has 0 radical (unpaired) electrons. The standard InChI is InChI=1S/C14H27NO5/c1-13(2,3)19-11(17)9(8-16)7-10(15)12(18)20-14(4,5)6/h9-10,16H,7-8,15H2,1-6H3/t9?,10-/m0/s1. The Bertz CT molecular complexity index is 340. The lowest BCUT2D eigenvalue weighted by Gasteiger charge is -2.25. The van der Waals surface area contributed by atoms with Crippen LogP contribution in [0.25, 0.3) is 0 Å². The number of carbonyl (C=O) groups excluding carboxylic acids is 2. The summed E-state index contributed by atoms with van der Waals surface area (Å²) in [5.41, 5.74) is 4.41. The molecule has 0 aromatic carbocycles. The lowest BCUT2D eigenvalue weighted by Crippen LogP contribution is -2.41. The van der Waals surface area contributed by atoms with E-state index in [1.54, 1.807) is 41.5 Å². The summed E-state index contributed by atoms with van der Waals surface area (Å²) in [5.74, 6) is -2.00. The fourth-order valence-corrected chi connectivity index (χ4v) is 1.41. The highest BCUT2D eigenvalue weighted by molar-refractivity contribution is 5.78. The Hall–Kier alpha value is -1.14. The van der Waals surface area contributed by atoms with Gasteiger partial charge in [0.05, 0.1) is 12.5 Å². The van der Waals surface area contributed by atoms with E-state index >= 15 is 0 Å². The summed E-state index contributed by atoms with van der Waals surface area (Å²) in [4.78, 5) is 23.6. The molecule has 0 saturated carbocycles. The number of ether oxygens (including phenoxy) is 2. The predicted octanol–water partition coefficient (Wildman–Crippen LogP) is 0.996. The van der Waals surface area contributed by atoms with Crippen molar-refractivity contribution in [1.29, 1.82) is 0 Å². The lowest BCUT2D eigenvalue weighted by atomic mass is 10.0. The molecule has 1 unspecified atom stereocenters. The summed E-state index contributed by atoms with van der Waals surface area (Å²) in [6, 6.07) is -0.973. The average Bonchev–Trinajstić information content (AvgIpc) is 2.20. The van der Waals surface area contributed by atoms with Crippen LogP contribution in [0.15, 0.2) is 0 Å². The fourth-order valence-electron chi connectivity index (χ4n) is 1.41. The van der Waals surface area contributed by atoms with Crippen LogP contribution in [0, 0.1) is 5.92 Å². The van der Waals surface area contributed by atoms with Gasteiger partial charge in [-0.15, -0.1) is 0 Å². The molecule has 20 heavy (non-hydrogen) atoms. The Kier molecular flexibility index (Phi) is 6.64. The van der Waals surface area contributed by atoms with Crippen molar-refractivity contribution in [3.8, 4) is 0 Å². The molecule has 0 aliphatic rings. The molecular formula is C14H27NO5. The molecule has 118 valence electrons. The van der Waals surface area contributed by atoms with Gasteiger partial charge in [-0.1, -0.05) is 0 Å². The zero-order valence-electron chi connectivity index (χ0n) is 13.2. The van der Waals surface area contributed by atoms with Crippen molar-refractivity contribution in [2.24, 2.45) is 11.7 Å². The monoisotopic (exact) mass is 289 g/mol. The molecule has 0 fully saturated rings. The first kappa shape index (κ1) is 18.9. The van der Waals surface area contributed by atoms with E-state index in [-0.39, 0.29) is 6.42 Å². The summed E-state index contributed by atoms with van der Waals surface area (Å²) in [5, 5.41) is 9.25. The first-order valence-corrected chi connectivity index (χ1v) is 6.68. The van der Waals surface area contributed by atoms with E-state index in [0.29, 0.717) is 0 Å². The van der Waals surface area contributed by atoms with Crippen molar-refractivity contribution in [2.45, 2.75) is 65.2 Å². The largest absolute Gasteiger partial charge is 0.460 e. The Morgan fingerprint density at radius 3 is 1.75 bits per heavy atom. The number of hydrogen-bond acceptors (Lipinski definition) is 6. The second kappa shape index (κ2) is 7.04. The number of aliphatic hydroxyl groups is 1. The number of esters is 2. The normalized spacial score (nSPS) is 15.4. The maximum atomic E-state index is 11.8. The first-order valence-electron chi connectivity index (χ1n) is 6.68. The third kappa shape index (κ3) is 8.12. The molecule has 0 rings (SSSR count). The van der Waals surface area contributed by atoms with Crippen LogP contribution in [-0.2, 0) is 19.1 Å². The minimum absolute atomic E-state index is 0.0136. The minimum atomic E-state index is -0.973. The Labute approximate surface area is 120 Å². The van der Waals surface area contributed by atoms with Gasteiger partial charge in [-0.25, -0.2) is 0 Å². The van der Waals surface area contributed by atoms with Crippen LogP contribution in [0.1, 0.15) is 48.0 Å². The summed E-state index contributed by atoms with van der Waals surface area (Å²) < 4.78 is 10.3. The van der Waals surface area contributed by atoms with Gasteiger partial charge in [0, 0.05) is 0 Å². The van der Waals surface area contributed by atoms with Crippen LogP contribution in [-0.4, -0.2) is 40.9 Å².